The van der Waals surface area contributed by atoms with Crippen LogP contribution in [0.25, 0.3) is 0 Å². The van der Waals surface area contributed by atoms with Gasteiger partial charge in [0.05, 0.1) is 14.2 Å². The minimum Gasteiger partial charge on any atom is -0.497 e. The van der Waals surface area contributed by atoms with E-state index < -0.39 is 8.32 Å². The van der Waals surface area contributed by atoms with Crippen LogP contribution in [0.2, 0.25) is 18.1 Å². The average Bonchev–Trinajstić information content (AvgIpc) is 3.26. The quantitative estimate of drug-likeness (QED) is 0.657. The molecule has 2 fully saturated rings. The van der Waals surface area contributed by atoms with Gasteiger partial charge in [0.15, 0.2) is 8.32 Å². The van der Waals surface area contributed by atoms with Crippen molar-refractivity contribution in [2.45, 2.75) is 51.9 Å². The lowest BCUT2D eigenvalue weighted by atomic mass is 10.1. The van der Waals surface area contributed by atoms with Gasteiger partial charge in [-0.3, -0.25) is 4.79 Å². The molecule has 6 heteroatoms. The van der Waals surface area contributed by atoms with Gasteiger partial charge in [-0.1, -0.05) is 20.8 Å². The Balaban J connectivity index is 1.67. The van der Waals surface area contributed by atoms with Gasteiger partial charge in [0.2, 0.25) is 5.91 Å². The smallest absolute Gasteiger partial charge is 0.226 e. The van der Waals surface area contributed by atoms with Crippen LogP contribution in [0.4, 0.5) is 0 Å². The second kappa shape index (κ2) is 6.81. The minimum absolute atomic E-state index is 0.0201. The summed E-state index contributed by atoms with van der Waals surface area (Å²) in [6.45, 7) is 13.4. The van der Waals surface area contributed by atoms with E-state index in [0.717, 1.165) is 30.0 Å². The highest BCUT2D eigenvalue weighted by atomic mass is 28.4. The fraction of sp³-hybridized carbons (Fsp3) is 0.667. The number of likely N-dealkylation sites (tertiary alicyclic amines) is 1. The first-order chi connectivity index (χ1) is 12.5. The van der Waals surface area contributed by atoms with E-state index in [2.05, 4.69) is 33.9 Å². The topological polar surface area (TPSA) is 48.0 Å². The Labute approximate surface area is 164 Å². The number of hydrogen-bond acceptors (Lipinski definition) is 4. The number of amides is 1. The van der Waals surface area contributed by atoms with Crippen molar-refractivity contribution < 1.29 is 18.7 Å². The second-order valence-corrected chi connectivity index (χ2v) is 14.3. The van der Waals surface area contributed by atoms with Crippen LogP contribution in [0.5, 0.6) is 11.5 Å². The number of nitrogens with zero attached hydrogens (tertiary/aromatic N) is 1. The van der Waals surface area contributed by atoms with Crippen LogP contribution in [-0.2, 0) is 15.8 Å². The molecule has 150 valence electrons. The van der Waals surface area contributed by atoms with Crippen molar-refractivity contribution in [3.05, 3.63) is 23.8 Å². The Morgan fingerprint density at radius 2 is 1.93 bits per heavy atom. The van der Waals surface area contributed by atoms with Crippen molar-refractivity contribution in [3.63, 3.8) is 0 Å². The molecule has 0 spiro atoms. The highest BCUT2D eigenvalue weighted by Crippen LogP contribution is 2.59. The molecule has 1 saturated carbocycles. The van der Waals surface area contributed by atoms with E-state index >= 15 is 0 Å². The number of carbonyl (C=O) groups is 1. The molecule has 1 heterocycles. The summed E-state index contributed by atoms with van der Waals surface area (Å²) in [4.78, 5) is 14.8. The standard InChI is InChI=1S/C21H33NO4Si/c1-20(2,3)27(6,7)26-14-21-11-17(21)19(23)22(13-21)12-15-8-9-16(24-4)10-18(15)25-5/h8-10,17H,11-14H2,1-7H3. The molecule has 5 nitrogen and oxygen atoms in total. The summed E-state index contributed by atoms with van der Waals surface area (Å²) in [5.74, 6) is 1.90. The molecule has 0 bridgehead atoms. The summed E-state index contributed by atoms with van der Waals surface area (Å²) in [5, 5.41) is 0.187. The van der Waals surface area contributed by atoms with Crippen LogP contribution < -0.4 is 9.47 Å². The van der Waals surface area contributed by atoms with Crippen LogP contribution in [0.3, 0.4) is 0 Å². The molecule has 2 atom stereocenters. The fourth-order valence-corrected chi connectivity index (χ4v) is 4.70. The lowest BCUT2D eigenvalue weighted by Gasteiger charge is -2.37. The third-order valence-electron chi connectivity index (χ3n) is 6.69. The zero-order chi connectivity index (χ0) is 20.0. The fourth-order valence-electron chi connectivity index (χ4n) is 3.62. The summed E-state index contributed by atoms with van der Waals surface area (Å²) >= 11 is 0. The maximum Gasteiger partial charge on any atom is 0.226 e. The number of piperidine rings is 1. The van der Waals surface area contributed by atoms with E-state index in [4.69, 9.17) is 13.9 Å². The number of carbonyl (C=O) groups excluding carboxylic acids is 1. The van der Waals surface area contributed by atoms with Gasteiger partial charge in [0.25, 0.3) is 0 Å². The van der Waals surface area contributed by atoms with E-state index in [0.29, 0.717) is 13.2 Å². The molecule has 0 aromatic heterocycles. The normalized spacial score (nSPS) is 24.8. The van der Waals surface area contributed by atoms with Gasteiger partial charge in [-0.05, 0) is 36.7 Å². The maximum absolute atomic E-state index is 12.8. The Morgan fingerprint density at radius 3 is 2.52 bits per heavy atom. The maximum atomic E-state index is 12.8. The molecule has 1 saturated heterocycles. The number of methoxy groups -OCH3 is 2. The highest BCUT2D eigenvalue weighted by molar-refractivity contribution is 6.74. The van der Waals surface area contributed by atoms with Gasteiger partial charge in [0.1, 0.15) is 11.5 Å². The lowest BCUT2D eigenvalue weighted by molar-refractivity contribution is -0.130. The first kappa shape index (κ1) is 20.2. The molecular weight excluding hydrogens is 358 g/mol. The molecular formula is C21H33NO4Si. The van der Waals surface area contributed by atoms with Gasteiger partial charge in [0, 0.05) is 42.7 Å². The van der Waals surface area contributed by atoms with E-state index in [9.17, 15) is 4.79 Å². The molecule has 1 amide bonds. The minimum atomic E-state index is -1.80. The number of benzene rings is 1. The van der Waals surface area contributed by atoms with Crippen LogP contribution in [-0.4, -0.2) is 46.5 Å². The first-order valence-corrected chi connectivity index (χ1v) is 12.6. The van der Waals surface area contributed by atoms with E-state index in [-0.39, 0.29) is 22.3 Å². The summed E-state index contributed by atoms with van der Waals surface area (Å²) in [5.41, 5.74) is 1.03. The monoisotopic (exact) mass is 391 g/mol. The zero-order valence-electron chi connectivity index (χ0n) is 17.7. The van der Waals surface area contributed by atoms with Crippen LogP contribution in [0, 0.1) is 11.3 Å². The van der Waals surface area contributed by atoms with Gasteiger partial charge in [-0.2, -0.15) is 0 Å². The summed E-state index contributed by atoms with van der Waals surface area (Å²) in [7, 11) is 1.49. The van der Waals surface area contributed by atoms with Gasteiger partial charge < -0.3 is 18.8 Å². The highest BCUT2D eigenvalue weighted by Gasteiger charge is 2.65. The largest absolute Gasteiger partial charge is 0.497 e. The van der Waals surface area contributed by atoms with Crippen molar-refractivity contribution in [1.29, 1.82) is 0 Å². The van der Waals surface area contributed by atoms with Crippen molar-refractivity contribution in [2.24, 2.45) is 11.3 Å². The Bertz CT molecular complexity index is 727. The van der Waals surface area contributed by atoms with Gasteiger partial charge in [-0.25, -0.2) is 0 Å². The van der Waals surface area contributed by atoms with Crippen molar-refractivity contribution in [1.82, 2.24) is 4.90 Å². The summed E-state index contributed by atoms with van der Waals surface area (Å²) in [6, 6.07) is 5.76. The van der Waals surface area contributed by atoms with Gasteiger partial charge >= 0.3 is 0 Å². The number of hydrogen-bond donors (Lipinski definition) is 0. The van der Waals surface area contributed by atoms with Crippen LogP contribution in [0.1, 0.15) is 32.8 Å². The number of ether oxygens (including phenoxy) is 2. The lowest BCUT2D eigenvalue weighted by Crippen LogP contribution is -2.42. The summed E-state index contributed by atoms with van der Waals surface area (Å²) < 4.78 is 17.2. The molecule has 27 heavy (non-hydrogen) atoms. The molecule has 0 N–H and O–H groups in total. The molecule has 0 radical (unpaired) electrons. The van der Waals surface area contributed by atoms with E-state index in [1.807, 2.05) is 23.1 Å². The third kappa shape index (κ3) is 3.74. The molecule has 1 aromatic rings. The predicted molar refractivity (Wildman–Crippen MR) is 109 cm³/mol. The molecule has 1 aliphatic heterocycles. The molecule has 1 aliphatic carbocycles. The third-order valence-corrected chi connectivity index (χ3v) is 11.2. The number of rotatable bonds is 7. The zero-order valence-corrected chi connectivity index (χ0v) is 18.7. The first-order valence-electron chi connectivity index (χ1n) is 9.67. The Morgan fingerprint density at radius 1 is 1.22 bits per heavy atom. The second-order valence-electron chi connectivity index (χ2n) is 9.54. The molecule has 1 aromatic carbocycles. The van der Waals surface area contributed by atoms with Gasteiger partial charge in [-0.15, -0.1) is 0 Å². The molecule has 2 unspecified atom stereocenters. The Hall–Kier alpha value is -1.53. The van der Waals surface area contributed by atoms with Crippen molar-refractivity contribution >= 4 is 14.2 Å². The molecule has 2 aliphatic rings. The van der Waals surface area contributed by atoms with E-state index in [1.54, 1.807) is 14.2 Å². The van der Waals surface area contributed by atoms with Crippen molar-refractivity contribution in [3.8, 4) is 11.5 Å². The predicted octanol–water partition coefficient (Wildman–Crippen LogP) is 4.07. The van der Waals surface area contributed by atoms with Crippen LogP contribution >= 0.6 is 0 Å². The Kier molecular flexibility index (Phi) is 5.10. The molecule has 3 rings (SSSR count). The summed E-state index contributed by atoms with van der Waals surface area (Å²) in [6.07, 6.45) is 0.969. The average molecular weight is 392 g/mol. The van der Waals surface area contributed by atoms with E-state index in [1.165, 1.54) is 0 Å². The SMILES string of the molecule is COc1ccc(CN2CC3(CO[Si](C)(C)C(C)(C)C)CC3C2=O)c(OC)c1. The van der Waals surface area contributed by atoms with Crippen LogP contribution in [0.15, 0.2) is 18.2 Å². The van der Waals surface area contributed by atoms with Crippen molar-refractivity contribution in [2.75, 3.05) is 27.4 Å². The number of fused-ring (bicyclic) bond motifs is 1.